The fraction of sp³-hybridized carbons (Fsp3) is 0.438. The van der Waals surface area contributed by atoms with E-state index in [1.54, 1.807) is 6.20 Å². The first-order chi connectivity index (χ1) is 10.7. The Morgan fingerprint density at radius 1 is 1.14 bits per heavy atom. The van der Waals surface area contributed by atoms with Crippen LogP contribution in [0.25, 0.3) is 0 Å². The Labute approximate surface area is 130 Å². The zero-order valence-corrected chi connectivity index (χ0v) is 13.0. The molecule has 0 radical (unpaired) electrons. The van der Waals surface area contributed by atoms with Crippen molar-refractivity contribution < 1.29 is 4.74 Å². The van der Waals surface area contributed by atoms with E-state index in [9.17, 15) is 0 Å². The van der Waals surface area contributed by atoms with Crippen molar-refractivity contribution >= 4 is 17.5 Å². The zero-order valence-electron chi connectivity index (χ0n) is 13.0. The topological polar surface area (TPSA) is 63.2 Å². The Morgan fingerprint density at radius 3 is 2.55 bits per heavy atom. The maximum absolute atomic E-state index is 5.36. The molecular weight excluding hydrogens is 278 g/mol. The summed E-state index contributed by atoms with van der Waals surface area (Å²) >= 11 is 0. The van der Waals surface area contributed by atoms with Gasteiger partial charge in [0.2, 0.25) is 5.95 Å². The minimum atomic E-state index is 0.515. The van der Waals surface area contributed by atoms with E-state index in [0.717, 1.165) is 37.8 Å². The van der Waals surface area contributed by atoms with Crippen molar-refractivity contribution in [2.75, 3.05) is 36.5 Å². The van der Waals surface area contributed by atoms with Crippen LogP contribution in [0.5, 0.6) is 0 Å². The predicted molar refractivity (Wildman–Crippen MR) is 86.7 cm³/mol. The van der Waals surface area contributed by atoms with Crippen molar-refractivity contribution in [1.82, 2.24) is 15.2 Å². The standard InChI is InChI=1S/C16H21N5O/c1-12(2)13-3-5-14(6-4-13)18-16-19-15(11-17-20-16)21-7-9-22-10-8-21/h3-6,11-12H,7-10H2,1-2H3,(H,18,19,20). The van der Waals surface area contributed by atoms with Gasteiger partial charge in [-0.15, -0.1) is 5.10 Å². The highest BCUT2D eigenvalue weighted by molar-refractivity contribution is 5.55. The van der Waals surface area contributed by atoms with Gasteiger partial charge in [0.25, 0.3) is 0 Å². The van der Waals surface area contributed by atoms with Gasteiger partial charge >= 0.3 is 0 Å². The highest BCUT2D eigenvalue weighted by Gasteiger charge is 2.13. The molecule has 0 bridgehead atoms. The number of nitrogens with one attached hydrogen (secondary N) is 1. The molecule has 0 unspecified atom stereocenters. The van der Waals surface area contributed by atoms with Gasteiger partial charge in [0.15, 0.2) is 5.82 Å². The predicted octanol–water partition coefficient (Wildman–Crippen LogP) is 2.58. The third kappa shape index (κ3) is 3.51. The van der Waals surface area contributed by atoms with Crippen molar-refractivity contribution in [1.29, 1.82) is 0 Å². The second-order valence-electron chi connectivity index (χ2n) is 5.64. The number of hydrogen-bond acceptors (Lipinski definition) is 6. The number of morpholine rings is 1. The molecule has 2 aromatic rings. The maximum Gasteiger partial charge on any atom is 0.249 e. The summed E-state index contributed by atoms with van der Waals surface area (Å²) in [6.07, 6.45) is 1.69. The van der Waals surface area contributed by atoms with Crippen LogP contribution < -0.4 is 10.2 Å². The van der Waals surface area contributed by atoms with Gasteiger partial charge in [0, 0.05) is 18.8 Å². The summed E-state index contributed by atoms with van der Waals surface area (Å²) in [5.41, 5.74) is 2.27. The summed E-state index contributed by atoms with van der Waals surface area (Å²) < 4.78 is 5.36. The lowest BCUT2D eigenvalue weighted by molar-refractivity contribution is 0.122. The SMILES string of the molecule is CC(C)c1ccc(Nc2nncc(N3CCOCC3)n2)cc1. The van der Waals surface area contributed by atoms with Crippen molar-refractivity contribution in [3.05, 3.63) is 36.0 Å². The quantitative estimate of drug-likeness (QED) is 0.936. The van der Waals surface area contributed by atoms with E-state index in [-0.39, 0.29) is 0 Å². The molecule has 1 N–H and O–H groups in total. The fourth-order valence-corrected chi connectivity index (χ4v) is 2.37. The van der Waals surface area contributed by atoms with Gasteiger partial charge in [-0.3, -0.25) is 0 Å². The number of anilines is 3. The molecular formula is C16H21N5O. The van der Waals surface area contributed by atoms with Crippen molar-refractivity contribution in [3.63, 3.8) is 0 Å². The Balaban J connectivity index is 1.72. The van der Waals surface area contributed by atoms with E-state index in [4.69, 9.17) is 4.74 Å². The lowest BCUT2D eigenvalue weighted by Gasteiger charge is -2.27. The first-order valence-electron chi connectivity index (χ1n) is 7.62. The third-order valence-electron chi connectivity index (χ3n) is 3.71. The molecule has 3 rings (SSSR count). The van der Waals surface area contributed by atoms with E-state index in [0.29, 0.717) is 11.9 Å². The number of benzene rings is 1. The molecule has 1 aromatic carbocycles. The van der Waals surface area contributed by atoms with Gasteiger partial charge in [-0.05, 0) is 23.6 Å². The Bertz CT molecular complexity index is 608. The average molecular weight is 299 g/mol. The van der Waals surface area contributed by atoms with E-state index >= 15 is 0 Å². The smallest absolute Gasteiger partial charge is 0.249 e. The normalized spacial score (nSPS) is 15.1. The van der Waals surface area contributed by atoms with Gasteiger partial charge in [-0.2, -0.15) is 10.1 Å². The van der Waals surface area contributed by atoms with E-state index < -0.39 is 0 Å². The van der Waals surface area contributed by atoms with Crippen LogP contribution in [-0.2, 0) is 4.74 Å². The summed E-state index contributed by atoms with van der Waals surface area (Å²) in [6, 6.07) is 8.32. The minimum absolute atomic E-state index is 0.515. The van der Waals surface area contributed by atoms with E-state index in [1.165, 1.54) is 5.56 Å². The van der Waals surface area contributed by atoms with Crippen LogP contribution in [0.4, 0.5) is 17.5 Å². The fourth-order valence-electron chi connectivity index (χ4n) is 2.37. The molecule has 0 atom stereocenters. The Hall–Kier alpha value is -2.21. The van der Waals surface area contributed by atoms with E-state index in [2.05, 4.69) is 51.4 Å². The lowest BCUT2D eigenvalue weighted by atomic mass is 10.0. The molecule has 116 valence electrons. The first kappa shape index (κ1) is 14.7. The van der Waals surface area contributed by atoms with Gasteiger partial charge in [-0.25, -0.2) is 0 Å². The average Bonchev–Trinajstić information content (AvgIpc) is 2.56. The van der Waals surface area contributed by atoms with Crippen LogP contribution in [0.15, 0.2) is 30.5 Å². The monoisotopic (exact) mass is 299 g/mol. The highest BCUT2D eigenvalue weighted by atomic mass is 16.5. The second kappa shape index (κ2) is 6.70. The van der Waals surface area contributed by atoms with Gasteiger partial charge in [0.05, 0.1) is 19.4 Å². The molecule has 0 spiro atoms. The maximum atomic E-state index is 5.36. The van der Waals surface area contributed by atoms with Crippen LogP contribution in [-0.4, -0.2) is 41.5 Å². The summed E-state index contributed by atoms with van der Waals surface area (Å²) in [6.45, 7) is 7.48. The molecule has 0 saturated carbocycles. The summed E-state index contributed by atoms with van der Waals surface area (Å²) in [5.74, 6) is 1.87. The minimum Gasteiger partial charge on any atom is -0.378 e. The molecule has 1 fully saturated rings. The molecule has 22 heavy (non-hydrogen) atoms. The largest absolute Gasteiger partial charge is 0.378 e. The number of aromatic nitrogens is 3. The molecule has 6 heteroatoms. The number of rotatable bonds is 4. The Morgan fingerprint density at radius 2 is 1.86 bits per heavy atom. The molecule has 1 aromatic heterocycles. The molecule has 0 aliphatic carbocycles. The number of ether oxygens (including phenoxy) is 1. The first-order valence-corrected chi connectivity index (χ1v) is 7.62. The van der Waals surface area contributed by atoms with Crippen molar-refractivity contribution in [2.45, 2.75) is 19.8 Å². The summed E-state index contributed by atoms with van der Waals surface area (Å²) in [7, 11) is 0. The van der Waals surface area contributed by atoms with Gasteiger partial charge in [-0.1, -0.05) is 26.0 Å². The summed E-state index contributed by atoms with van der Waals surface area (Å²) in [4.78, 5) is 6.69. The Kier molecular flexibility index (Phi) is 4.48. The molecule has 1 aliphatic heterocycles. The van der Waals surface area contributed by atoms with Gasteiger partial charge < -0.3 is 15.0 Å². The highest BCUT2D eigenvalue weighted by Crippen LogP contribution is 2.20. The molecule has 1 saturated heterocycles. The number of hydrogen-bond donors (Lipinski definition) is 1. The van der Waals surface area contributed by atoms with Crippen LogP contribution in [0.2, 0.25) is 0 Å². The van der Waals surface area contributed by atoms with Crippen LogP contribution in [0, 0.1) is 0 Å². The van der Waals surface area contributed by atoms with Crippen molar-refractivity contribution in [2.24, 2.45) is 0 Å². The van der Waals surface area contributed by atoms with Crippen LogP contribution in [0.1, 0.15) is 25.3 Å². The van der Waals surface area contributed by atoms with Crippen molar-refractivity contribution in [3.8, 4) is 0 Å². The lowest BCUT2D eigenvalue weighted by Crippen LogP contribution is -2.36. The third-order valence-corrected chi connectivity index (χ3v) is 3.71. The van der Waals surface area contributed by atoms with Crippen LogP contribution >= 0.6 is 0 Å². The molecule has 2 heterocycles. The number of nitrogens with zero attached hydrogens (tertiary/aromatic N) is 4. The molecule has 1 aliphatic rings. The molecule has 0 amide bonds. The van der Waals surface area contributed by atoms with Crippen LogP contribution in [0.3, 0.4) is 0 Å². The second-order valence-corrected chi connectivity index (χ2v) is 5.64. The zero-order chi connectivity index (χ0) is 15.4. The summed E-state index contributed by atoms with van der Waals surface area (Å²) in [5, 5.41) is 11.3. The van der Waals surface area contributed by atoms with Gasteiger partial charge in [0.1, 0.15) is 0 Å². The molecule has 6 nitrogen and oxygen atoms in total. The van der Waals surface area contributed by atoms with E-state index in [1.807, 2.05) is 12.1 Å².